The van der Waals surface area contributed by atoms with Gasteiger partial charge in [-0.2, -0.15) is 0 Å². The molecule has 0 spiro atoms. The predicted octanol–water partition coefficient (Wildman–Crippen LogP) is 2.78. The van der Waals surface area contributed by atoms with E-state index < -0.39 is 0 Å². The number of nitrogens with two attached hydrogens (primary N) is 1. The van der Waals surface area contributed by atoms with E-state index in [0.29, 0.717) is 0 Å². The van der Waals surface area contributed by atoms with Gasteiger partial charge in [0, 0.05) is 11.0 Å². The third-order valence-corrected chi connectivity index (χ3v) is 3.67. The molecule has 2 rings (SSSR count). The topological polar surface area (TPSA) is 35.2 Å². The maximum absolute atomic E-state index is 6.08. The largest absolute Gasteiger partial charge is 0.379 e. The number of rotatable bonds is 4. The van der Waals surface area contributed by atoms with Crippen molar-refractivity contribution < 1.29 is 4.74 Å². The van der Waals surface area contributed by atoms with Gasteiger partial charge in [-0.05, 0) is 39.2 Å². The van der Waals surface area contributed by atoms with Gasteiger partial charge in [0.25, 0.3) is 0 Å². The maximum Gasteiger partial charge on any atom is 0.0585 e. The van der Waals surface area contributed by atoms with Crippen LogP contribution in [-0.2, 0) is 10.2 Å². The van der Waals surface area contributed by atoms with Gasteiger partial charge < -0.3 is 10.5 Å². The highest BCUT2D eigenvalue weighted by Gasteiger charge is 2.40. The number of hydrogen-bond acceptors (Lipinski definition) is 2. The van der Waals surface area contributed by atoms with Gasteiger partial charge in [0.15, 0.2) is 0 Å². The van der Waals surface area contributed by atoms with Crippen LogP contribution in [0.5, 0.6) is 0 Å². The van der Waals surface area contributed by atoms with E-state index in [1.54, 1.807) is 0 Å². The standard InChI is InChI=1S/C15H23NO/c1-12-4-6-13(7-5-12)15(10-17-11-15)9-8-14(2,3)16/h4-7H,8-11,16H2,1-3H3. The Kier molecular flexibility index (Phi) is 3.28. The molecular formula is C15H23NO. The first-order chi connectivity index (χ1) is 7.91. The Balaban J connectivity index is 2.11. The highest BCUT2D eigenvalue weighted by atomic mass is 16.5. The molecule has 2 nitrogen and oxygen atoms in total. The Hall–Kier alpha value is -0.860. The second-order valence-corrected chi connectivity index (χ2v) is 6.13. The molecule has 1 aliphatic heterocycles. The zero-order valence-corrected chi connectivity index (χ0v) is 11.1. The molecule has 0 aliphatic carbocycles. The van der Waals surface area contributed by atoms with Crippen LogP contribution in [0.25, 0.3) is 0 Å². The number of aryl methyl sites for hydroxylation is 1. The van der Waals surface area contributed by atoms with Crippen LogP contribution in [0.4, 0.5) is 0 Å². The average Bonchev–Trinajstić information content (AvgIpc) is 2.17. The fraction of sp³-hybridized carbons (Fsp3) is 0.600. The van der Waals surface area contributed by atoms with Crippen LogP contribution in [0, 0.1) is 6.92 Å². The lowest BCUT2D eigenvalue weighted by atomic mass is 9.73. The first kappa shape index (κ1) is 12.6. The summed E-state index contributed by atoms with van der Waals surface area (Å²) >= 11 is 0. The molecule has 2 N–H and O–H groups in total. The minimum absolute atomic E-state index is 0.0900. The molecule has 1 fully saturated rings. The quantitative estimate of drug-likeness (QED) is 0.868. The molecular weight excluding hydrogens is 210 g/mol. The van der Waals surface area contributed by atoms with Crippen molar-refractivity contribution in [2.24, 2.45) is 5.73 Å². The van der Waals surface area contributed by atoms with E-state index in [2.05, 4.69) is 45.0 Å². The fourth-order valence-corrected chi connectivity index (χ4v) is 2.27. The van der Waals surface area contributed by atoms with Gasteiger partial charge in [0.05, 0.1) is 13.2 Å². The van der Waals surface area contributed by atoms with Crippen molar-refractivity contribution >= 4 is 0 Å². The van der Waals surface area contributed by atoms with Gasteiger partial charge >= 0.3 is 0 Å². The summed E-state index contributed by atoms with van der Waals surface area (Å²) in [6.07, 6.45) is 2.14. The smallest absolute Gasteiger partial charge is 0.0585 e. The molecule has 0 bridgehead atoms. The molecule has 0 saturated carbocycles. The van der Waals surface area contributed by atoms with Gasteiger partial charge in [-0.15, -0.1) is 0 Å². The minimum Gasteiger partial charge on any atom is -0.379 e. The lowest BCUT2D eigenvalue weighted by molar-refractivity contribution is -0.0669. The molecule has 1 aliphatic rings. The van der Waals surface area contributed by atoms with Crippen LogP contribution >= 0.6 is 0 Å². The summed E-state index contributed by atoms with van der Waals surface area (Å²) in [5.74, 6) is 0. The zero-order valence-electron chi connectivity index (χ0n) is 11.1. The van der Waals surface area contributed by atoms with E-state index >= 15 is 0 Å². The van der Waals surface area contributed by atoms with E-state index in [1.165, 1.54) is 11.1 Å². The SMILES string of the molecule is Cc1ccc(C2(CCC(C)(C)N)COC2)cc1. The van der Waals surface area contributed by atoms with E-state index in [9.17, 15) is 0 Å². The highest BCUT2D eigenvalue weighted by Crippen LogP contribution is 2.38. The van der Waals surface area contributed by atoms with Crippen molar-refractivity contribution in [2.45, 2.75) is 44.6 Å². The van der Waals surface area contributed by atoms with Crippen molar-refractivity contribution in [1.82, 2.24) is 0 Å². The molecule has 1 saturated heterocycles. The Bertz CT molecular complexity index is 371. The monoisotopic (exact) mass is 233 g/mol. The summed E-state index contributed by atoms with van der Waals surface area (Å²) in [5, 5.41) is 0. The molecule has 1 aromatic carbocycles. The second-order valence-electron chi connectivity index (χ2n) is 6.13. The van der Waals surface area contributed by atoms with Crippen LogP contribution < -0.4 is 5.73 Å². The fourth-order valence-electron chi connectivity index (χ4n) is 2.27. The highest BCUT2D eigenvalue weighted by molar-refractivity contribution is 5.30. The Morgan fingerprint density at radius 3 is 2.24 bits per heavy atom. The summed E-state index contributed by atoms with van der Waals surface area (Å²) in [5.41, 5.74) is 8.92. The van der Waals surface area contributed by atoms with Gasteiger partial charge in [-0.25, -0.2) is 0 Å². The van der Waals surface area contributed by atoms with Crippen LogP contribution in [0.1, 0.15) is 37.8 Å². The summed E-state index contributed by atoms with van der Waals surface area (Å²) in [6, 6.07) is 8.84. The van der Waals surface area contributed by atoms with Gasteiger partial charge in [0.1, 0.15) is 0 Å². The average molecular weight is 233 g/mol. The normalized spacial score (nSPS) is 18.8. The van der Waals surface area contributed by atoms with Crippen molar-refractivity contribution in [1.29, 1.82) is 0 Å². The Labute approximate surface area is 104 Å². The lowest BCUT2D eigenvalue weighted by Gasteiger charge is -2.43. The summed E-state index contributed by atoms with van der Waals surface area (Å²) < 4.78 is 5.45. The molecule has 0 radical (unpaired) electrons. The van der Waals surface area contributed by atoms with Gasteiger partial charge in [0.2, 0.25) is 0 Å². The first-order valence-electron chi connectivity index (χ1n) is 6.35. The summed E-state index contributed by atoms with van der Waals surface area (Å²) in [6.45, 7) is 7.99. The molecule has 1 heterocycles. The number of ether oxygens (including phenoxy) is 1. The summed E-state index contributed by atoms with van der Waals surface area (Å²) in [4.78, 5) is 0. The molecule has 1 aromatic rings. The minimum atomic E-state index is -0.0900. The van der Waals surface area contributed by atoms with Crippen molar-refractivity contribution in [3.8, 4) is 0 Å². The third-order valence-electron chi connectivity index (χ3n) is 3.67. The van der Waals surface area contributed by atoms with Crippen LogP contribution in [-0.4, -0.2) is 18.8 Å². The molecule has 0 unspecified atom stereocenters. The first-order valence-corrected chi connectivity index (χ1v) is 6.35. The lowest BCUT2D eigenvalue weighted by Crippen LogP contribution is -2.48. The van der Waals surface area contributed by atoms with E-state index in [1.807, 2.05) is 0 Å². The van der Waals surface area contributed by atoms with Crippen LogP contribution in [0.2, 0.25) is 0 Å². The van der Waals surface area contributed by atoms with E-state index in [0.717, 1.165) is 26.1 Å². The van der Waals surface area contributed by atoms with E-state index in [-0.39, 0.29) is 11.0 Å². The Morgan fingerprint density at radius 1 is 1.24 bits per heavy atom. The molecule has 94 valence electrons. The maximum atomic E-state index is 6.08. The van der Waals surface area contributed by atoms with Gasteiger partial charge in [-0.3, -0.25) is 0 Å². The Morgan fingerprint density at radius 2 is 1.82 bits per heavy atom. The molecule has 0 amide bonds. The third kappa shape index (κ3) is 2.88. The van der Waals surface area contributed by atoms with Gasteiger partial charge in [-0.1, -0.05) is 29.8 Å². The van der Waals surface area contributed by atoms with Crippen molar-refractivity contribution in [3.63, 3.8) is 0 Å². The molecule has 0 atom stereocenters. The number of benzene rings is 1. The van der Waals surface area contributed by atoms with Crippen LogP contribution in [0.3, 0.4) is 0 Å². The second kappa shape index (κ2) is 4.43. The zero-order chi connectivity index (χ0) is 12.5. The predicted molar refractivity (Wildman–Crippen MR) is 71.2 cm³/mol. The van der Waals surface area contributed by atoms with Crippen LogP contribution in [0.15, 0.2) is 24.3 Å². The van der Waals surface area contributed by atoms with Crippen molar-refractivity contribution in [2.75, 3.05) is 13.2 Å². The molecule has 2 heteroatoms. The van der Waals surface area contributed by atoms with E-state index in [4.69, 9.17) is 10.5 Å². The summed E-state index contributed by atoms with van der Waals surface area (Å²) in [7, 11) is 0. The molecule has 17 heavy (non-hydrogen) atoms. The molecule has 0 aromatic heterocycles. The number of hydrogen-bond donors (Lipinski definition) is 1. The van der Waals surface area contributed by atoms with Crippen molar-refractivity contribution in [3.05, 3.63) is 35.4 Å².